The van der Waals surface area contributed by atoms with Gasteiger partial charge in [0.25, 0.3) is 0 Å². The van der Waals surface area contributed by atoms with Crippen molar-refractivity contribution >= 4 is 5.78 Å². The molecule has 0 fully saturated rings. The molecule has 2 N–H and O–H groups in total. The van der Waals surface area contributed by atoms with E-state index < -0.39 is 5.72 Å². The maximum Gasteiger partial charge on any atom is 0.164 e. The van der Waals surface area contributed by atoms with Crippen molar-refractivity contribution in [2.24, 2.45) is 0 Å². The molecule has 1 aromatic carbocycles. The Hall–Kier alpha value is -1.19. The summed E-state index contributed by atoms with van der Waals surface area (Å²) in [4.78, 5) is 11.9. The van der Waals surface area contributed by atoms with E-state index in [-0.39, 0.29) is 5.78 Å². The summed E-state index contributed by atoms with van der Waals surface area (Å²) < 4.78 is 0. The Morgan fingerprint density at radius 3 is 2.53 bits per heavy atom. The Morgan fingerprint density at radius 1 is 1.32 bits per heavy atom. The number of carbonyl (C=O) groups excluding carboxylic acids is 1. The fourth-order valence-electron chi connectivity index (χ4n) is 1.94. The van der Waals surface area contributed by atoms with Gasteiger partial charge in [-0.3, -0.25) is 10.1 Å². The van der Waals surface area contributed by atoms with E-state index in [4.69, 9.17) is 0 Å². The van der Waals surface area contributed by atoms with Crippen LogP contribution in [-0.4, -0.2) is 23.2 Å². The Bertz CT molecular complexity index is 396. The molecule has 0 bridgehead atoms. The molecule has 0 aliphatic carbocycles. The molecule has 0 aromatic heterocycles. The predicted octanol–water partition coefficient (Wildman–Crippen LogP) is 3.06. The average Bonchev–Trinajstić information content (AvgIpc) is 2.37. The second kappa shape index (κ2) is 7.41. The topological polar surface area (TPSA) is 49.3 Å². The minimum absolute atomic E-state index is 0.110. The number of rotatable bonds is 8. The zero-order chi connectivity index (χ0) is 14.3. The van der Waals surface area contributed by atoms with Crippen LogP contribution in [0.3, 0.4) is 0 Å². The molecule has 1 atom stereocenters. The molecule has 0 heterocycles. The van der Waals surface area contributed by atoms with Gasteiger partial charge < -0.3 is 5.11 Å². The molecule has 0 spiro atoms. The summed E-state index contributed by atoms with van der Waals surface area (Å²) in [6.07, 6.45) is 3.15. The summed E-state index contributed by atoms with van der Waals surface area (Å²) in [5.74, 6) is 0.110. The third-order valence-corrected chi connectivity index (χ3v) is 3.25. The van der Waals surface area contributed by atoms with Crippen molar-refractivity contribution in [1.29, 1.82) is 0 Å². The molecule has 3 nitrogen and oxygen atoms in total. The van der Waals surface area contributed by atoms with Gasteiger partial charge in [-0.15, -0.1) is 0 Å². The molecule has 3 heteroatoms. The number of aliphatic hydroxyl groups is 1. The standard InChI is InChI=1S/C16H25NO2/c1-4-5-11-16(3,19)17-12-10-15(18)14-8-6-13(2)7-9-14/h6-9,17,19H,4-5,10-12H2,1-3H3. The van der Waals surface area contributed by atoms with Gasteiger partial charge in [0.15, 0.2) is 5.78 Å². The van der Waals surface area contributed by atoms with Crippen LogP contribution in [0.1, 0.15) is 55.5 Å². The van der Waals surface area contributed by atoms with Gasteiger partial charge in [-0.05, 0) is 26.7 Å². The van der Waals surface area contributed by atoms with E-state index in [0.29, 0.717) is 19.4 Å². The van der Waals surface area contributed by atoms with E-state index in [1.165, 1.54) is 0 Å². The molecule has 1 unspecified atom stereocenters. The SMILES string of the molecule is CCCCC(C)(O)NCCC(=O)c1ccc(C)cc1. The third-order valence-electron chi connectivity index (χ3n) is 3.25. The Labute approximate surface area is 116 Å². The number of benzene rings is 1. The van der Waals surface area contributed by atoms with Crippen molar-refractivity contribution in [2.75, 3.05) is 6.54 Å². The van der Waals surface area contributed by atoms with Gasteiger partial charge in [-0.2, -0.15) is 0 Å². The highest BCUT2D eigenvalue weighted by molar-refractivity contribution is 5.96. The van der Waals surface area contributed by atoms with Crippen LogP contribution in [0.2, 0.25) is 0 Å². The summed E-state index contributed by atoms with van der Waals surface area (Å²) in [5, 5.41) is 13.1. The zero-order valence-corrected chi connectivity index (χ0v) is 12.2. The first kappa shape index (κ1) is 15.9. The fourth-order valence-corrected chi connectivity index (χ4v) is 1.94. The summed E-state index contributed by atoms with van der Waals surface area (Å²) in [7, 11) is 0. The summed E-state index contributed by atoms with van der Waals surface area (Å²) >= 11 is 0. The highest BCUT2D eigenvalue weighted by Crippen LogP contribution is 2.10. The van der Waals surface area contributed by atoms with Crippen molar-refractivity contribution in [3.05, 3.63) is 35.4 Å². The summed E-state index contributed by atoms with van der Waals surface area (Å²) in [5.41, 5.74) is 1.02. The highest BCUT2D eigenvalue weighted by Gasteiger charge is 2.18. The largest absolute Gasteiger partial charge is 0.376 e. The second-order valence-electron chi connectivity index (χ2n) is 5.34. The van der Waals surface area contributed by atoms with Crippen LogP contribution in [0.5, 0.6) is 0 Å². The van der Waals surface area contributed by atoms with Gasteiger partial charge in [-0.25, -0.2) is 0 Å². The lowest BCUT2D eigenvalue weighted by Gasteiger charge is -2.24. The van der Waals surface area contributed by atoms with Gasteiger partial charge in [0.05, 0.1) is 0 Å². The maximum absolute atomic E-state index is 11.9. The van der Waals surface area contributed by atoms with E-state index in [2.05, 4.69) is 12.2 Å². The lowest BCUT2D eigenvalue weighted by Crippen LogP contribution is -2.43. The number of ketones is 1. The molecule has 1 aromatic rings. The van der Waals surface area contributed by atoms with Gasteiger partial charge in [0.1, 0.15) is 5.72 Å². The molecule has 0 saturated heterocycles. The van der Waals surface area contributed by atoms with Gasteiger partial charge in [0, 0.05) is 18.5 Å². The minimum Gasteiger partial charge on any atom is -0.376 e. The Balaban J connectivity index is 2.36. The Morgan fingerprint density at radius 2 is 1.95 bits per heavy atom. The molecule has 19 heavy (non-hydrogen) atoms. The smallest absolute Gasteiger partial charge is 0.164 e. The lowest BCUT2D eigenvalue weighted by atomic mass is 10.1. The van der Waals surface area contributed by atoms with E-state index >= 15 is 0 Å². The molecule has 0 radical (unpaired) electrons. The van der Waals surface area contributed by atoms with Crippen molar-refractivity contribution in [3.8, 4) is 0 Å². The van der Waals surface area contributed by atoms with Gasteiger partial charge in [-0.1, -0.05) is 43.2 Å². The van der Waals surface area contributed by atoms with Crippen molar-refractivity contribution < 1.29 is 9.90 Å². The number of hydrogen-bond acceptors (Lipinski definition) is 3. The first-order valence-corrected chi connectivity index (χ1v) is 7.02. The van der Waals surface area contributed by atoms with E-state index in [9.17, 15) is 9.90 Å². The number of aryl methyl sites for hydroxylation is 1. The number of unbranched alkanes of at least 4 members (excludes halogenated alkanes) is 1. The number of hydrogen-bond donors (Lipinski definition) is 2. The monoisotopic (exact) mass is 263 g/mol. The first-order valence-electron chi connectivity index (χ1n) is 7.02. The van der Waals surface area contributed by atoms with E-state index in [1.54, 1.807) is 6.92 Å². The lowest BCUT2D eigenvalue weighted by molar-refractivity contribution is 0.0140. The normalized spacial score (nSPS) is 14.1. The number of Topliss-reactive ketones (excluding diaryl/α,β-unsaturated/α-hetero) is 1. The predicted molar refractivity (Wildman–Crippen MR) is 78.3 cm³/mol. The van der Waals surface area contributed by atoms with Gasteiger partial charge in [0.2, 0.25) is 0 Å². The Kier molecular flexibility index (Phi) is 6.19. The van der Waals surface area contributed by atoms with E-state index in [0.717, 1.165) is 24.0 Å². The molecule has 0 aliphatic rings. The van der Waals surface area contributed by atoms with Crippen molar-refractivity contribution in [2.45, 2.75) is 52.2 Å². The van der Waals surface area contributed by atoms with Crippen LogP contribution in [0, 0.1) is 6.92 Å². The van der Waals surface area contributed by atoms with Crippen LogP contribution in [0.4, 0.5) is 0 Å². The van der Waals surface area contributed by atoms with Gasteiger partial charge >= 0.3 is 0 Å². The number of nitrogens with one attached hydrogen (secondary N) is 1. The quantitative estimate of drug-likeness (QED) is 0.560. The molecule has 1 rings (SSSR count). The zero-order valence-electron chi connectivity index (χ0n) is 12.2. The first-order chi connectivity index (χ1) is 8.94. The van der Waals surface area contributed by atoms with E-state index in [1.807, 2.05) is 31.2 Å². The van der Waals surface area contributed by atoms with Crippen LogP contribution in [0.25, 0.3) is 0 Å². The second-order valence-corrected chi connectivity index (χ2v) is 5.34. The fraction of sp³-hybridized carbons (Fsp3) is 0.562. The van der Waals surface area contributed by atoms with Crippen molar-refractivity contribution in [3.63, 3.8) is 0 Å². The summed E-state index contributed by atoms with van der Waals surface area (Å²) in [6, 6.07) is 7.59. The van der Waals surface area contributed by atoms with Crippen LogP contribution in [-0.2, 0) is 0 Å². The molecule has 0 aliphatic heterocycles. The highest BCUT2D eigenvalue weighted by atomic mass is 16.3. The average molecular weight is 263 g/mol. The summed E-state index contributed by atoms with van der Waals surface area (Å²) in [6.45, 7) is 6.36. The molecule has 0 amide bonds. The molecule has 0 saturated carbocycles. The van der Waals surface area contributed by atoms with Crippen LogP contribution >= 0.6 is 0 Å². The van der Waals surface area contributed by atoms with Crippen LogP contribution in [0.15, 0.2) is 24.3 Å². The third kappa shape index (κ3) is 5.99. The maximum atomic E-state index is 11.9. The minimum atomic E-state index is -0.871. The molecule has 106 valence electrons. The van der Waals surface area contributed by atoms with Crippen molar-refractivity contribution in [1.82, 2.24) is 5.32 Å². The molecular formula is C16H25NO2. The molecular weight excluding hydrogens is 238 g/mol. The number of carbonyl (C=O) groups is 1. The van der Waals surface area contributed by atoms with Crippen LogP contribution < -0.4 is 5.32 Å².